The van der Waals surface area contributed by atoms with Crippen LogP contribution in [0.25, 0.3) is 0 Å². The van der Waals surface area contributed by atoms with Crippen molar-refractivity contribution in [1.82, 2.24) is 10.2 Å². The average Bonchev–Trinajstić information content (AvgIpc) is 2.95. The van der Waals surface area contributed by atoms with Crippen molar-refractivity contribution in [1.29, 1.82) is 0 Å². The zero-order chi connectivity index (χ0) is 14.9. The van der Waals surface area contributed by atoms with E-state index in [9.17, 15) is 8.42 Å². The molecular formula is C16H24N2O2S. The monoisotopic (exact) mass is 308 g/mol. The van der Waals surface area contributed by atoms with Gasteiger partial charge in [-0.2, -0.15) is 0 Å². The van der Waals surface area contributed by atoms with Crippen molar-refractivity contribution < 1.29 is 8.42 Å². The topological polar surface area (TPSA) is 49.4 Å². The van der Waals surface area contributed by atoms with Crippen LogP contribution in [-0.2, 0) is 9.84 Å². The molecule has 2 heterocycles. The molecule has 3 rings (SSSR count). The highest BCUT2D eigenvalue weighted by molar-refractivity contribution is 7.91. The molecule has 0 spiro atoms. The SMILES string of the molecule is CC(CN1CCCC1)NC1CCS(=O)(=O)c2ccccc21. The summed E-state index contributed by atoms with van der Waals surface area (Å²) in [7, 11) is -3.08. The maximum Gasteiger partial charge on any atom is 0.178 e. The molecule has 2 aliphatic heterocycles. The first-order valence-corrected chi connectivity index (χ1v) is 9.51. The molecule has 2 unspecified atom stereocenters. The third kappa shape index (κ3) is 3.30. The fraction of sp³-hybridized carbons (Fsp3) is 0.625. The Labute approximate surface area is 127 Å². The van der Waals surface area contributed by atoms with Gasteiger partial charge < -0.3 is 10.2 Å². The van der Waals surface area contributed by atoms with Crippen molar-refractivity contribution in [3.8, 4) is 0 Å². The summed E-state index contributed by atoms with van der Waals surface area (Å²) in [6.07, 6.45) is 3.28. The Hall–Kier alpha value is -0.910. The molecule has 1 fully saturated rings. The Bertz CT molecular complexity index is 594. The lowest BCUT2D eigenvalue weighted by Crippen LogP contribution is -2.41. The van der Waals surface area contributed by atoms with Gasteiger partial charge in [-0.15, -0.1) is 0 Å². The van der Waals surface area contributed by atoms with Gasteiger partial charge in [-0.05, 0) is 50.9 Å². The quantitative estimate of drug-likeness (QED) is 0.924. The van der Waals surface area contributed by atoms with Crippen LogP contribution in [0.1, 0.15) is 37.8 Å². The van der Waals surface area contributed by atoms with Gasteiger partial charge in [0.1, 0.15) is 0 Å². The van der Waals surface area contributed by atoms with E-state index in [2.05, 4.69) is 17.1 Å². The number of nitrogens with zero attached hydrogens (tertiary/aromatic N) is 1. The lowest BCUT2D eigenvalue weighted by atomic mass is 10.0. The number of hydrogen-bond acceptors (Lipinski definition) is 4. The van der Waals surface area contributed by atoms with Gasteiger partial charge in [-0.3, -0.25) is 0 Å². The normalized spacial score (nSPS) is 26.4. The predicted molar refractivity (Wildman–Crippen MR) is 84.1 cm³/mol. The minimum Gasteiger partial charge on any atom is -0.306 e. The number of nitrogens with one attached hydrogen (secondary N) is 1. The Kier molecular flexibility index (Phi) is 4.33. The summed E-state index contributed by atoms with van der Waals surface area (Å²) in [5.74, 6) is 0.248. The van der Waals surface area contributed by atoms with Crippen LogP contribution in [0.3, 0.4) is 0 Å². The van der Waals surface area contributed by atoms with Gasteiger partial charge in [-0.1, -0.05) is 18.2 Å². The molecule has 5 heteroatoms. The van der Waals surface area contributed by atoms with E-state index < -0.39 is 9.84 Å². The lowest BCUT2D eigenvalue weighted by Gasteiger charge is -2.30. The van der Waals surface area contributed by atoms with Crippen LogP contribution >= 0.6 is 0 Å². The van der Waals surface area contributed by atoms with Gasteiger partial charge in [0.15, 0.2) is 9.84 Å². The predicted octanol–water partition coefficient (Wildman–Crippen LogP) is 1.98. The minimum atomic E-state index is -3.08. The van der Waals surface area contributed by atoms with Crippen LogP contribution in [0.2, 0.25) is 0 Å². The second kappa shape index (κ2) is 6.07. The highest BCUT2D eigenvalue weighted by Gasteiger charge is 2.30. The number of hydrogen-bond donors (Lipinski definition) is 1. The van der Waals surface area contributed by atoms with Gasteiger partial charge in [0.2, 0.25) is 0 Å². The van der Waals surface area contributed by atoms with Gasteiger partial charge in [0.05, 0.1) is 10.6 Å². The van der Waals surface area contributed by atoms with Crippen LogP contribution in [0.15, 0.2) is 29.2 Å². The molecule has 0 amide bonds. The van der Waals surface area contributed by atoms with E-state index in [0.29, 0.717) is 17.4 Å². The molecule has 0 saturated carbocycles. The van der Waals surface area contributed by atoms with Gasteiger partial charge >= 0.3 is 0 Å². The van der Waals surface area contributed by atoms with Crippen LogP contribution in [0.4, 0.5) is 0 Å². The Morgan fingerprint density at radius 1 is 1.29 bits per heavy atom. The summed E-state index contributed by atoms with van der Waals surface area (Å²) in [6.45, 7) is 5.64. The van der Waals surface area contributed by atoms with E-state index >= 15 is 0 Å². The summed E-state index contributed by atoms with van der Waals surface area (Å²) in [4.78, 5) is 3.01. The number of sulfone groups is 1. The smallest absolute Gasteiger partial charge is 0.178 e. The molecule has 116 valence electrons. The van der Waals surface area contributed by atoms with E-state index in [1.54, 1.807) is 6.07 Å². The van der Waals surface area contributed by atoms with Crippen LogP contribution in [0.5, 0.6) is 0 Å². The summed E-state index contributed by atoms with van der Waals surface area (Å²) < 4.78 is 24.3. The second-order valence-electron chi connectivity index (χ2n) is 6.27. The van der Waals surface area contributed by atoms with Crippen LogP contribution in [0, 0.1) is 0 Å². The van der Waals surface area contributed by atoms with Crippen LogP contribution < -0.4 is 5.32 Å². The molecule has 0 aromatic heterocycles. The average molecular weight is 308 g/mol. The van der Waals surface area contributed by atoms with Crippen molar-refractivity contribution in [2.75, 3.05) is 25.4 Å². The maximum atomic E-state index is 12.1. The molecule has 4 nitrogen and oxygen atoms in total. The first-order chi connectivity index (χ1) is 10.1. The first kappa shape index (κ1) is 15.0. The molecule has 2 atom stereocenters. The number of rotatable bonds is 4. The maximum absolute atomic E-state index is 12.1. The molecular weight excluding hydrogens is 284 g/mol. The third-order valence-electron chi connectivity index (χ3n) is 4.52. The van der Waals surface area contributed by atoms with E-state index in [1.165, 1.54) is 25.9 Å². The zero-order valence-electron chi connectivity index (χ0n) is 12.6. The summed E-state index contributed by atoms with van der Waals surface area (Å²) in [5, 5.41) is 3.63. The fourth-order valence-electron chi connectivity index (χ4n) is 3.51. The Balaban J connectivity index is 1.71. The highest BCUT2D eigenvalue weighted by atomic mass is 32.2. The standard InChI is InChI=1S/C16H24N2O2S/c1-13(12-18-9-4-5-10-18)17-15-8-11-21(19,20)16-7-3-2-6-14(15)16/h2-3,6-7,13,15,17H,4-5,8-12H2,1H3. The third-order valence-corrected chi connectivity index (χ3v) is 6.34. The lowest BCUT2D eigenvalue weighted by molar-refractivity contribution is 0.283. The van der Waals surface area contributed by atoms with E-state index in [0.717, 1.165) is 12.1 Å². The van der Waals surface area contributed by atoms with E-state index in [1.807, 2.05) is 18.2 Å². The largest absolute Gasteiger partial charge is 0.306 e. The Morgan fingerprint density at radius 2 is 2.00 bits per heavy atom. The number of benzene rings is 1. The van der Waals surface area contributed by atoms with Crippen molar-refractivity contribution in [2.45, 2.75) is 43.2 Å². The molecule has 1 aromatic rings. The number of likely N-dealkylation sites (tertiary alicyclic amines) is 1. The van der Waals surface area contributed by atoms with Crippen LogP contribution in [-0.4, -0.2) is 44.7 Å². The summed E-state index contributed by atoms with van der Waals surface area (Å²) in [6, 6.07) is 7.96. The molecule has 2 aliphatic rings. The molecule has 1 saturated heterocycles. The number of fused-ring (bicyclic) bond motifs is 1. The van der Waals surface area contributed by atoms with Crippen molar-refractivity contribution in [3.05, 3.63) is 29.8 Å². The second-order valence-corrected chi connectivity index (χ2v) is 8.35. The molecule has 1 N–H and O–H groups in total. The van der Waals surface area contributed by atoms with Crippen molar-refractivity contribution >= 4 is 9.84 Å². The molecule has 21 heavy (non-hydrogen) atoms. The zero-order valence-corrected chi connectivity index (χ0v) is 13.4. The van der Waals surface area contributed by atoms with E-state index in [-0.39, 0.29) is 11.8 Å². The molecule has 0 bridgehead atoms. The fourth-order valence-corrected chi connectivity index (χ4v) is 5.13. The minimum absolute atomic E-state index is 0.155. The Morgan fingerprint density at radius 3 is 2.76 bits per heavy atom. The van der Waals surface area contributed by atoms with Gasteiger partial charge in [0.25, 0.3) is 0 Å². The van der Waals surface area contributed by atoms with E-state index in [4.69, 9.17) is 0 Å². The summed E-state index contributed by atoms with van der Waals surface area (Å²) >= 11 is 0. The van der Waals surface area contributed by atoms with Gasteiger partial charge in [0, 0.05) is 18.6 Å². The summed E-state index contributed by atoms with van der Waals surface area (Å²) in [5.41, 5.74) is 0.942. The first-order valence-electron chi connectivity index (χ1n) is 7.86. The van der Waals surface area contributed by atoms with Crippen molar-refractivity contribution in [2.24, 2.45) is 0 Å². The molecule has 0 aliphatic carbocycles. The highest BCUT2D eigenvalue weighted by Crippen LogP contribution is 2.32. The van der Waals surface area contributed by atoms with Crippen molar-refractivity contribution in [3.63, 3.8) is 0 Å². The molecule has 1 aromatic carbocycles. The van der Waals surface area contributed by atoms with Gasteiger partial charge in [-0.25, -0.2) is 8.42 Å². The molecule has 0 radical (unpaired) electrons.